The molecule has 35 heavy (non-hydrogen) atoms. The second kappa shape index (κ2) is 7.14. The predicted molar refractivity (Wildman–Crippen MR) is 160 cm³/mol. The maximum Gasteiger partial charge on any atom is 0.249 e. The van der Waals surface area contributed by atoms with E-state index in [1.54, 1.807) is 0 Å². The first-order valence-corrected chi connectivity index (χ1v) is 13.0. The zero-order chi connectivity index (χ0) is 25.4. The van der Waals surface area contributed by atoms with E-state index >= 15 is 0 Å². The van der Waals surface area contributed by atoms with E-state index < -0.39 is 0 Å². The van der Waals surface area contributed by atoms with Crippen molar-refractivity contribution >= 4 is 35.0 Å². The van der Waals surface area contributed by atoms with Crippen LogP contribution < -0.4 is 4.57 Å². The Labute approximate surface area is 230 Å². The van der Waals surface area contributed by atoms with Crippen molar-refractivity contribution in [3.63, 3.8) is 0 Å². The lowest BCUT2D eigenvalue weighted by molar-refractivity contribution is -0.645. The smallest absolute Gasteiger partial charge is 0.232 e. The number of nitrogens with zero attached hydrogens (tertiary/aromatic N) is 2. The highest BCUT2D eigenvalue weighted by Crippen LogP contribution is 2.63. The van der Waals surface area contributed by atoms with Crippen molar-refractivity contribution in [1.29, 1.82) is 0 Å². The molecule has 0 fully saturated rings. The molecule has 2 nitrogen and oxygen atoms in total. The number of halogens is 1. The minimum absolute atomic E-state index is 0. The standard InChI is InChI=1S/C32H45N2.HI/c1-27(2)21-15-14-20(16-22(21)28(3,4)31(27,9)10)34-19-33(13)25-17-23-24(18-26(25)34)30(7,8)32(11,12)29(23,5)6;/h14-19H,1-13H3;1H/q+1;. The molecule has 0 unspecified atom stereocenters. The molecule has 190 valence electrons. The molecule has 0 aliphatic heterocycles. The van der Waals surface area contributed by atoms with Gasteiger partial charge in [0.25, 0.3) is 0 Å². The zero-order valence-electron chi connectivity index (χ0n) is 24.3. The molecule has 1 heterocycles. The van der Waals surface area contributed by atoms with Crippen molar-refractivity contribution in [3.05, 3.63) is 58.9 Å². The van der Waals surface area contributed by atoms with Crippen molar-refractivity contribution < 1.29 is 4.57 Å². The van der Waals surface area contributed by atoms with Gasteiger partial charge in [-0.25, -0.2) is 4.57 Å². The molecular weight excluding hydrogens is 539 g/mol. The van der Waals surface area contributed by atoms with Crippen LogP contribution in [0.4, 0.5) is 0 Å². The Balaban J connectivity index is 0.00000289. The second-order valence-corrected chi connectivity index (χ2v) is 14.5. The van der Waals surface area contributed by atoms with Crippen LogP contribution in [0, 0.1) is 10.8 Å². The molecule has 1 aromatic heterocycles. The molecule has 0 amide bonds. The van der Waals surface area contributed by atoms with E-state index in [0.717, 1.165) is 0 Å². The highest BCUT2D eigenvalue weighted by molar-refractivity contribution is 14.0. The third-order valence-electron chi connectivity index (χ3n) is 12.3. The van der Waals surface area contributed by atoms with E-state index in [1.807, 2.05) is 0 Å². The van der Waals surface area contributed by atoms with Crippen LogP contribution in [0.1, 0.15) is 105 Å². The molecule has 3 heteroatoms. The van der Waals surface area contributed by atoms with Gasteiger partial charge in [0.2, 0.25) is 6.33 Å². The molecule has 3 aromatic rings. The summed E-state index contributed by atoms with van der Waals surface area (Å²) >= 11 is 0. The number of benzene rings is 2. The molecule has 0 atom stereocenters. The van der Waals surface area contributed by atoms with Crippen molar-refractivity contribution in [2.45, 2.75) is 105 Å². The van der Waals surface area contributed by atoms with Gasteiger partial charge in [0, 0.05) is 0 Å². The summed E-state index contributed by atoms with van der Waals surface area (Å²) in [7, 11) is 2.19. The number of hydrogen-bond acceptors (Lipinski definition) is 0. The Kier molecular flexibility index (Phi) is 5.45. The van der Waals surface area contributed by atoms with Crippen molar-refractivity contribution in [2.75, 3.05) is 0 Å². The molecule has 0 bridgehead atoms. The van der Waals surface area contributed by atoms with Gasteiger partial charge in [-0.1, -0.05) is 89.2 Å². The quantitative estimate of drug-likeness (QED) is 0.201. The Bertz CT molecular complexity index is 1360. The van der Waals surface area contributed by atoms with Gasteiger partial charge in [0.1, 0.15) is 5.69 Å². The van der Waals surface area contributed by atoms with Gasteiger partial charge in [-0.15, -0.1) is 24.0 Å². The number of aromatic nitrogens is 2. The fraction of sp³-hybridized carbons (Fsp3) is 0.594. The number of rotatable bonds is 1. The molecule has 2 aromatic carbocycles. The van der Waals surface area contributed by atoms with Gasteiger partial charge >= 0.3 is 0 Å². The summed E-state index contributed by atoms with van der Waals surface area (Å²) in [5.74, 6) is 0. The largest absolute Gasteiger partial charge is 0.249 e. The summed E-state index contributed by atoms with van der Waals surface area (Å²) < 4.78 is 4.72. The third kappa shape index (κ3) is 2.85. The summed E-state index contributed by atoms with van der Waals surface area (Å²) in [5, 5.41) is 0. The fourth-order valence-electron chi connectivity index (χ4n) is 7.24. The number of hydrogen-bond donors (Lipinski definition) is 0. The first kappa shape index (κ1) is 26.7. The molecular formula is C32H46IN2+. The lowest BCUT2D eigenvalue weighted by Gasteiger charge is -2.44. The molecule has 0 radical (unpaired) electrons. The van der Waals surface area contributed by atoms with E-state index in [4.69, 9.17) is 0 Å². The van der Waals surface area contributed by atoms with E-state index in [0.29, 0.717) is 0 Å². The minimum Gasteiger partial charge on any atom is -0.232 e. The second-order valence-electron chi connectivity index (χ2n) is 14.5. The predicted octanol–water partition coefficient (Wildman–Crippen LogP) is 8.26. The van der Waals surface area contributed by atoms with Crippen molar-refractivity contribution in [1.82, 2.24) is 4.57 Å². The average Bonchev–Trinajstić information content (AvgIpc) is 3.15. The summed E-state index contributed by atoms with van der Waals surface area (Å²) in [6.45, 7) is 29.2. The summed E-state index contributed by atoms with van der Waals surface area (Å²) in [4.78, 5) is 0. The number of aryl methyl sites for hydroxylation is 1. The Hall–Kier alpha value is -1.36. The molecule has 2 aliphatic rings. The maximum absolute atomic E-state index is 2.49. The van der Waals surface area contributed by atoms with E-state index in [9.17, 15) is 0 Å². The Morgan fingerprint density at radius 2 is 1.00 bits per heavy atom. The van der Waals surface area contributed by atoms with Crippen LogP contribution in [0.5, 0.6) is 0 Å². The maximum atomic E-state index is 2.49. The summed E-state index contributed by atoms with van der Waals surface area (Å²) in [5.41, 5.74) is 10.7. The molecule has 5 rings (SSSR count). The van der Waals surface area contributed by atoms with Crippen LogP contribution in [-0.2, 0) is 28.7 Å². The Morgan fingerprint density at radius 3 is 1.51 bits per heavy atom. The lowest BCUT2D eigenvalue weighted by Crippen LogP contribution is -2.42. The van der Waals surface area contributed by atoms with Crippen molar-refractivity contribution in [2.24, 2.45) is 17.9 Å². The van der Waals surface area contributed by atoms with Gasteiger partial charge in [-0.3, -0.25) is 0 Å². The molecule has 0 N–H and O–H groups in total. The first-order valence-electron chi connectivity index (χ1n) is 13.0. The average molecular weight is 586 g/mol. The topological polar surface area (TPSA) is 8.81 Å². The van der Waals surface area contributed by atoms with E-state index in [1.165, 1.54) is 39.0 Å². The third-order valence-corrected chi connectivity index (χ3v) is 12.3. The highest BCUT2D eigenvalue weighted by atomic mass is 127. The Morgan fingerprint density at radius 1 is 0.571 bits per heavy atom. The molecule has 0 saturated heterocycles. The van der Waals surface area contributed by atoms with Gasteiger partial charge in [-0.05, 0) is 79.0 Å². The van der Waals surface area contributed by atoms with E-state index in [-0.39, 0.29) is 56.5 Å². The summed E-state index contributed by atoms with van der Waals surface area (Å²) in [6, 6.07) is 12.2. The van der Waals surface area contributed by atoms with Gasteiger partial charge in [0.15, 0.2) is 11.0 Å². The van der Waals surface area contributed by atoms with Crippen LogP contribution in [0.2, 0.25) is 0 Å². The molecule has 2 aliphatic carbocycles. The SMILES string of the molecule is C[n+]1cn(-c2ccc3c(c2)C(C)(C)C(C)(C)C3(C)C)c2cc3c(cc21)C(C)(C)C(C)(C)C3(C)C.I. The van der Waals surface area contributed by atoms with Gasteiger partial charge in [-0.2, -0.15) is 4.57 Å². The minimum atomic E-state index is 0. The van der Waals surface area contributed by atoms with Crippen LogP contribution in [0.25, 0.3) is 16.7 Å². The number of imidazole rings is 1. The molecule has 0 saturated carbocycles. The van der Waals surface area contributed by atoms with Crippen LogP contribution in [0.15, 0.2) is 36.7 Å². The molecule has 0 spiro atoms. The fourth-order valence-corrected chi connectivity index (χ4v) is 7.24. The van der Waals surface area contributed by atoms with Gasteiger partial charge < -0.3 is 0 Å². The van der Waals surface area contributed by atoms with Crippen LogP contribution in [0.3, 0.4) is 0 Å². The normalized spacial score (nSPS) is 23.6. The zero-order valence-corrected chi connectivity index (χ0v) is 26.6. The highest BCUT2D eigenvalue weighted by Gasteiger charge is 2.58. The van der Waals surface area contributed by atoms with Gasteiger partial charge in [0.05, 0.1) is 7.05 Å². The van der Waals surface area contributed by atoms with Crippen LogP contribution in [-0.4, -0.2) is 4.57 Å². The monoisotopic (exact) mass is 585 g/mol. The van der Waals surface area contributed by atoms with Crippen LogP contribution >= 0.6 is 24.0 Å². The lowest BCUT2D eigenvalue weighted by atomic mass is 9.59. The number of fused-ring (bicyclic) bond motifs is 3. The van der Waals surface area contributed by atoms with Crippen molar-refractivity contribution in [3.8, 4) is 5.69 Å². The first-order chi connectivity index (χ1) is 15.3. The van der Waals surface area contributed by atoms with E-state index in [2.05, 4.69) is 136 Å². The summed E-state index contributed by atoms with van der Waals surface area (Å²) in [6.07, 6.45) is 2.27.